The summed E-state index contributed by atoms with van der Waals surface area (Å²) < 4.78 is 14.1. The lowest BCUT2D eigenvalue weighted by atomic mass is 9.73. The number of hydrogen-bond donors (Lipinski definition) is 0. The molecule has 0 nitrogen and oxygen atoms in total. The summed E-state index contributed by atoms with van der Waals surface area (Å²) in [4.78, 5) is 0. The van der Waals surface area contributed by atoms with Gasteiger partial charge in [-0.05, 0) is 48.3 Å². The van der Waals surface area contributed by atoms with Gasteiger partial charge in [0.15, 0.2) is 0 Å². The summed E-state index contributed by atoms with van der Waals surface area (Å²) in [5.41, 5.74) is 1.43. The lowest BCUT2D eigenvalue weighted by Gasteiger charge is -2.37. The molecule has 1 aromatic carbocycles. The summed E-state index contributed by atoms with van der Waals surface area (Å²) in [5, 5.41) is 1.97. The molecule has 0 N–H and O–H groups in total. The third-order valence-electron chi connectivity index (χ3n) is 4.31. The topological polar surface area (TPSA) is 0 Å². The molecule has 1 fully saturated rings. The molecule has 19 heavy (non-hydrogen) atoms. The molecule has 1 aromatic rings. The van der Waals surface area contributed by atoms with Crippen molar-refractivity contribution in [2.75, 3.05) is 10.7 Å². The van der Waals surface area contributed by atoms with E-state index >= 15 is 0 Å². The summed E-state index contributed by atoms with van der Waals surface area (Å²) in [6.45, 7) is 0. The standard InChI is InChI=1S/C15H18Br3F/c16-9-15(10-17,12-3-1-2-4-12)8-11-5-6-13(19)7-14(11)18/h5-7,12H,1-4,8-10H2. The third kappa shape index (κ3) is 3.62. The minimum Gasteiger partial charge on any atom is -0.207 e. The molecular weight excluding hydrogens is 439 g/mol. The van der Waals surface area contributed by atoms with Crippen LogP contribution in [0.15, 0.2) is 22.7 Å². The fraction of sp³-hybridized carbons (Fsp3) is 0.600. The van der Waals surface area contributed by atoms with Crippen LogP contribution in [-0.4, -0.2) is 10.7 Å². The summed E-state index contributed by atoms with van der Waals surface area (Å²) in [6.07, 6.45) is 6.30. The zero-order valence-electron chi connectivity index (χ0n) is 10.8. The second-order valence-corrected chi connectivity index (χ2v) is 7.50. The average Bonchev–Trinajstić information content (AvgIpc) is 2.93. The first-order chi connectivity index (χ1) is 9.11. The van der Waals surface area contributed by atoms with Gasteiger partial charge in [-0.3, -0.25) is 0 Å². The first-order valence-corrected chi connectivity index (χ1v) is 9.71. The number of alkyl halides is 2. The molecule has 0 heterocycles. The van der Waals surface area contributed by atoms with Gasteiger partial charge in [-0.15, -0.1) is 0 Å². The van der Waals surface area contributed by atoms with Crippen molar-refractivity contribution >= 4 is 47.8 Å². The number of benzene rings is 1. The molecule has 0 aromatic heterocycles. The quantitative estimate of drug-likeness (QED) is 0.470. The SMILES string of the molecule is Fc1ccc(CC(CBr)(CBr)C2CCCC2)c(Br)c1. The average molecular weight is 457 g/mol. The van der Waals surface area contributed by atoms with Gasteiger partial charge in [-0.2, -0.15) is 0 Å². The molecule has 0 spiro atoms. The van der Waals surface area contributed by atoms with Crippen LogP contribution in [0.3, 0.4) is 0 Å². The highest BCUT2D eigenvalue weighted by Gasteiger charge is 2.38. The molecule has 1 aliphatic rings. The Balaban J connectivity index is 2.24. The predicted molar refractivity (Wildman–Crippen MR) is 89.8 cm³/mol. The van der Waals surface area contributed by atoms with Crippen LogP contribution in [0.2, 0.25) is 0 Å². The lowest BCUT2D eigenvalue weighted by Crippen LogP contribution is -2.35. The van der Waals surface area contributed by atoms with Gasteiger partial charge in [0.1, 0.15) is 5.82 Å². The maximum atomic E-state index is 13.2. The smallest absolute Gasteiger partial charge is 0.124 e. The Morgan fingerprint density at radius 3 is 2.32 bits per heavy atom. The summed E-state index contributed by atoms with van der Waals surface area (Å²) in [7, 11) is 0. The first-order valence-electron chi connectivity index (χ1n) is 6.67. The lowest BCUT2D eigenvalue weighted by molar-refractivity contribution is 0.232. The van der Waals surface area contributed by atoms with Crippen molar-refractivity contribution in [3.63, 3.8) is 0 Å². The van der Waals surface area contributed by atoms with Crippen molar-refractivity contribution in [3.8, 4) is 0 Å². The third-order valence-corrected chi connectivity index (χ3v) is 7.28. The Bertz CT molecular complexity index is 423. The van der Waals surface area contributed by atoms with E-state index in [0.717, 1.165) is 27.5 Å². The monoisotopic (exact) mass is 454 g/mol. The normalized spacial score (nSPS) is 17.1. The molecule has 0 aliphatic heterocycles. The molecule has 0 saturated heterocycles. The van der Waals surface area contributed by atoms with Gasteiger partial charge in [-0.25, -0.2) is 4.39 Å². The maximum absolute atomic E-state index is 13.2. The van der Waals surface area contributed by atoms with E-state index in [1.54, 1.807) is 12.1 Å². The van der Waals surface area contributed by atoms with Crippen LogP contribution in [0.1, 0.15) is 31.2 Å². The first kappa shape index (κ1) is 16.0. The van der Waals surface area contributed by atoms with Gasteiger partial charge in [0.05, 0.1) is 0 Å². The molecule has 0 bridgehead atoms. The molecule has 0 radical (unpaired) electrons. The van der Waals surface area contributed by atoms with Crippen LogP contribution in [0.25, 0.3) is 0 Å². The van der Waals surface area contributed by atoms with Crippen molar-refractivity contribution in [2.24, 2.45) is 11.3 Å². The molecule has 1 aliphatic carbocycles. The Morgan fingerprint density at radius 1 is 1.16 bits per heavy atom. The molecule has 1 saturated carbocycles. The van der Waals surface area contributed by atoms with E-state index in [4.69, 9.17) is 0 Å². The number of rotatable bonds is 5. The minimum absolute atomic E-state index is 0.181. The van der Waals surface area contributed by atoms with E-state index in [1.807, 2.05) is 6.07 Å². The van der Waals surface area contributed by atoms with Crippen molar-refractivity contribution in [2.45, 2.75) is 32.1 Å². The van der Waals surface area contributed by atoms with Gasteiger partial charge >= 0.3 is 0 Å². The van der Waals surface area contributed by atoms with E-state index in [9.17, 15) is 4.39 Å². The molecule has 0 amide bonds. The van der Waals surface area contributed by atoms with Crippen molar-refractivity contribution in [1.82, 2.24) is 0 Å². The fourth-order valence-corrected chi connectivity index (χ4v) is 5.81. The van der Waals surface area contributed by atoms with E-state index < -0.39 is 0 Å². The minimum atomic E-state index is -0.181. The Hall–Kier alpha value is 0.590. The van der Waals surface area contributed by atoms with E-state index in [-0.39, 0.29) is 11.2 Å². The summed E-state index contributed by atoms with van der Waals surface area (Å²) >= 11 is 10.9. The Labute approximate surface area is 139 Å². The number of halogens is 4. The highest BCUT2D eigenvalue weighted by molar-refractivity contribution is 9.10. The maximum Gasteiger partial charge on any atom is 0.124 e. The summed E-state index contributed by atoms with van der Waals surface area (Å²) in [6, 6.07) is 5.04. The predicted octanol–water partition coefficient (Wildman–Crippen LogP) is 6.10. The van der Waals surface area contributed by atoms with Crippen molar-refractivity contribution < 1.29 is 4.39 Å². The zero-order chi connectivity index (χ0) is 13.9. The second kappa shape index (κ2) is 7.04. The van der Waals surface area contributed by atoms with Gasteiger partial charge in [0.2, 0.25) is 0 Å². The fourth-order valence-electron chi connectivity index (χ4n) is 3.08. The van der Waals surface area contributed by atoms with E-state index in [0.29, 0.717) is 0 Å². The molecule has 0 unspecified atom stereocenters. The van der Waals surface area contributed by atoms with Crippen molar-refractivity contribution in [1.29, 1.82) is 0 Å². The molecule has 2 rings (SSSR count). The highest BCUT2D eigenvalue weighted by atomic mass is 79.9. The van der Waals surface area contributed by atoms with Crippen LogP contribution >= 0.6 is 47.8 Å². The van der Waals surface area contributed by atoms with E-state index in [2.05, 4.69) is 47.8 Å². The van der Waals surface area contributed by atoms with Gasteiger partial charge in [0, 0.05) is 15.1 Å². The second-order valence-electron chi connectivity index (χ2n) is 5.52. The van der Waals surface area contributed by atoms with Crippen molar-refractivity contribution in [3.05, 3.63) is 34.1 Å². The van der Waals surface area contributed by atoms with Crippen LogP contribution in [0.5, 0.6) is 0 Å². The highest BCUT2D eigenvalue weighted by Crippen LogP contribution is 2.45. The van der Waals surface area contributed by atoms with Gasteiger partial charge in [0.25, 0.3) is 0 Å². The summed E-state index contributed by atoms with van der Waals surface area (Å²) in [5.74, 6) is 0.572. The molecule has 4 heteroatoms. The number of hydrogen-bond acceptors (Lipinski definition) is 0. The van der Waals surface area contributed by atoms with Crippen LogP contribution in [-0.2, 0) is 6.42 Å². The van der Waals surface area contributed by atoms with Gasteiger partial charge < -0.3 is 0 Å². The van der Waals surface area contributed by atoms with E-state index in [1.165, 1.54) is 31.2 Å². The van der Waals surface area contributed by atoms with Crippen LogP contribution in [0.4, 0.5) is 4.39 Å². The Morgan fingerprint density at radius 2 is 1.79 bits per heavy atom. The van der Waals surface area contributed by atoms with Crippen LogP contribution < -0.4 is 0 Å². The van der Waals surface area contributed by atoms with Crippen LogP contribution in [0, 0.1) is 17.2 Å². The largest absolute Gasteiger partial charge is 0.207 e. The van der Waals surface area contributed by atoms with Gasteiger partial charge in [-0.1, -0.05) is 66.7 Å². The Kier molecular flexibility index (Phi) is 5.91. The molecule has 0 atom stereocenters. The zero-order valence-corrected chi connectivity index (χ0v) is 15.5. The molecule has 106 valence electrons. The molecular formula is C15H18Br3F.